The SMILES string of the molecule is N#CC[C@@H]([C@H]1CCN(c2nc(F)c(F)cc2F)C1)n1cc(-c2ncnc3[nH]ccc23)cn1. The molecule has 4 aromatic heterocycles. The Balaban J connectivity index is 1.41. The highest BCUT2D eigenvalue weighted by molar-refractivity contribution is 5.89. The number of aromatic amines is 1. The molecule has 0 bridgehead atoms. The molecule has 1 saturated heterocycles. The van der Waals surface area contributed by atoms with Gasteiger partial charge in [0.2, 0.25) is 0 Å². The number of aromatic nitrogens is 6. The van der Waals surface area contributed by atoms with Crippen LogP contribution in [0.2, 0.25) is 0 Å². The summed E-state index contributed by atoms with van der Waals surface area (Å²) in [5.41, 5.74) is 2.21. The summed E-state index contributed by atoms with van der Waals surface area (Å²) in [7, 11) is 0. The lowest BCUT2D eigenvalue weighted by Gasteiger charge is -2.23. The lowest BCUT2D eigenvalue weighted by Crippen LogP contribution is -2.26. The largest absolute Gasteiger partial charge is 0.354 e. The van der Waals surface area contributed by atoms with Gasteiger partial charge in [-0.3, -0.25) is 4.68 Å². The van der Waals surface area contributed by atoms with E-state index in [4.69, 9.17) is 0 Å². The summed E-state index contributed by atoms with van der Waals surface area (Å²) >= 11 is 0. The fourth-order valence-corrected chi connectivity index (χ4v) is 4.26. The van der Waals surface area contributed by atoms with Crippen LogP contribution in [0.3, 0.4) is 0 Å². The lowest BCUT2D eigenvalue weighted by molar-refractivity contribution is 0.331. The van der Waals surface area contributed by atoms with Gasteiger partial charge < -0.3 is 9.88 Å². The number of nitriles is 1. The Morgan fingerprint density at radius 3 is 2.97 bits per heavy atom. The number of pyridine rings is 1. The Kier molecular flexibility index (Phi) is 4.97. The van der Waals surface area contributed by atoms with Crippen molar-refractivity contribution in [2.24, 2.45) is 5.92 Å². The predicted octanol–water partition coefficient (Wildman–Crippen LogP) is 3.61. The zero-order valence-corrected chi connectivity index (χ0v) is 16.7. The molecule has 0 saturated carbocycles. The Morgan fingerprint density at radius 1 is 1.25 bits per heavy atom. The van der Waals surface area contributed by atoms with Crippen LogP contribution in [0.25, 0.3) is 22.3 Å². The molecule has 0 amide bonds. The quantitative estimate of drug-likeness (QED) is 0.478. The van der Waals surface area contributed by atoms with Gasteiger partial charge in [0.05, 0.1) is 30.4 Å². The average Bonchev–Trinajstić information content (AvgIpc) is 3.54. The number of fused-ring (bicyclic) bond motifs is 1. The third-order valence-electron chi connectivity index (χ3n) is 5.81. The molecule has 0 radical (unpaired) electrons. The van der Waals surface area contributed by atoms with Gasteiger partial charge in [-0.1, -0.05) is 0 Å². The molecule has 2 atom stereocenters. The van der Waals surface area contributed by atoms with E-state index in [1.165, 1.54) is 6.33 Å². The van der Waals surface area contributed by atoms with Gasteiger partial charge in [0, 0.05) is 48.4 Å². The Bertz CT molecular complexity index is 1320. The molecule has 0 aliphatic carbocycles. The van der Waals surface area contributed by atoms with Crippen molar-refractivity contribution in [1.29, 1.82) is 5.26 Å². The summed E-state index contributed by atoms with van der Waals surface area (Å²) in [5, 5.41) is 14.7. The highest BCUT2D eigenvalue weighted by Crippen LogP contribution is 2.34. The van der Waals surface area contributed by atoms with E-state index in [0.717, 1.165) is 16.6 Å². The van der Waals surface area contributed by atoms with Crippen LogP contribution in [-0.2, 0) is 0 Å². The second-order valence-corrected chi connectivity index (χ2v) is 7.66. The minimum absolute atomic E-state index is 0.0607. The average molecular weight is 438 g/mol. The summed E-state index contributed by atoms with van der Waals surface area (Å²) in [4.78, 5) is 16.6. The molecule has 0 spiro atoms. The van der Waals surface area contributed by atoms with Gasteiger partial charge in [0.1, 0.15) is 12.0 Å². The van der Waals surface area contributed by atoms with Crippen molar-refractivity contribution in [1.82, 2.24) is 29.7 Å². The van der Waals surface area contributed by atoms with Gasteiger partial charge in [-0.25, -0.2) is 18.7 Å². The van der Waals surface area contributed by atoms with Crippen LogP contribution in [0.1, 0.15) is 18.9 Å². The van der Waals surface area contributed by atoms with Crippen LogP contribution in [0.15, 0.2) is 37.1 Å². The zero-order chi connectivity index (χ0) is 22.2. The summed E-state index contributed by atoms with van der Waals surface area (Å²) in [6.07, 6.45) is 7.58. The van der Waals surface area contributed by atoms with Crippen LogP contribution in [0, 0.1) is 34.8 Å². The third kappa shape index (κ3) is 3.43. The topological polar surface area (TPSA) is 99.3 Å². The summed E-state index contributed by atoms with van der Waals surface area (Å²) in [6.45, 7) is 0.748. The molecule has 0 aromatic carbocycles. The van der Waals surface area contributed by atoms with Gasteiger partial charge in [0.25, 0.3) is 5.95 Å². The first-order valence-corrected chi connectivity index (χ1v) is 10.0. The molecule has 162 valence electrons. The summed E-state index contributed by atoms with van der Waals surface area (Å²) in [6, 6.07) is 4.29. The van der Waals surface area contributed by atoms with E-state index >= 15 is 0 Å². The number of halogens is 3. The van der Waals surface area contributed by atoms with Crippen LogP contribution in [0.5, 0.6) is 0 Å². The molecule has 5 heterocycles. The van der Waals surface area contributed by atoms with Crippen LogP contribution in [0.4, 0.5) is 19.0 Å². The monoisotopic (exact) mass is 438 g/mol. The first-order chi connectivity index (χ1) is 15.5. The predicted molar refractivity (Wildman–Crippen MR) is 109 cm³/mol. The number of rotatable bonds is 5. The molecule has 1 aliphatic rings. The van der Waals surface area contributed by atoms with Gasteiger partial charge in [-0.05, 0) is 12.5 Å². The Labute approximate surface area is 180 Å². The van der Waals surface area contributed by atoms with Crippen LogP contribution >= 0.6 is 0 Å². The highest BCUT2D eigenvalue weighted by Gasteiger charge is 2.33. The molecule has 32 heavy (non-hydrogen) atoms. The van der Waals surface area contributed by atoms with Crippen LogP contribution < -0.4 is 4.90 Å². The van der Waals surface area contributed by atoms with Crippen molar-refractivity contribution in [2.45, 2.75) is 18.9 Å². The van der Waals surface area contributed by atoms with E-state index in [0.29, 0.717) is 31.2 Å². The Morgan fingerprint density at radius 2 is 2.12 bits per heavy atom. The maximum Gasteiger partial charge on any atom is 0.251 e. The number of hydrogen-bond acceptors (Lipinski definition) is 6. The number of hydrogen-bond donors (Lipinski definition) is 1. The smallest absolute Gasteiger partial charge is 0.251 e. The first kappa shape index (κ1) is 20.0. The van der Waals surface area contributed by atoms with Crippen molar-refractivity contribution < 1.29 is 13.2 Å². The normalized spacial score (nSPS) is 17.1. The molecule has 11 heteroatoms. The highest BCUT2D eigenvalue weighted by atomic mass is 19.2. The fraction of sp³-hybridized carbons (Fsp3) is 0.286. The minimum Gasteiger partial charge on any atom is -0.354 e. The molecule has 4 aromatic rings. The molecule has 1 N–H and O–H groups in total. The second kappa shape index (κ2) is 7.96. The molecular weight excluding hydrogens is 421 g/mol. The van der Waals surface area contributed by atoms with E-state index < -0.39 is 17.6 Å². The lowest BCUT2D eigenvalue weighted by atomic mass is 9.96. The van der Waals surface area contributed by atoms with E-state index in [9.17, 15) is 18.4 Å². The fourth-order valence-electron chi connectivity index (χ4n) is 4.26. The first-order valence-electron chi connectivity index (χ1n) is 10.0. The van der Waals surface area contributed by atoms with E-state index in [2.05, 4.69) is 31.1 Å². The molecular formula is C21H17F3N8. The maximum atomic E-state index is 14.2. The van der Waals surface area contributed by atoms with E-state index in [-0.39, 0.29) is 24.2 Å². The van der Waals surface area contributed by atoms with Crippen molar-refractivity contribution in [3.63, 3.8) is 0 Å². The number of H-pyrrole nitrogens is 1. The molecule has 1 fully saturated rings. The molecule has 0 unspecified atom stereocenters. The van der Waals surface area contributed by atoms with Crippen molar-refractivity contribution >= 4 is 16.9 Å². The molecule has 8 nitrogen and oxygen atoms in total. The van der Waals surface area contributed by atoms with Crippen molar-refractivity contribution in [2.75, 3.05) is 18.0 Å². The van der Waals surface area contributed by atoms with Gasteiger partial charge in [-0.2, -0.15) is 19.7 Å². The van der Waals surface area contributed by atoms with Crippen LogP contribution in [-0.4, -0.2) is 42.8 Å². The van der Waals surface area contributed by atoms with Gasteiger partial charge >= 0.3 is 0 Å². The van der Waals surface area contributed by atoms with Crippen molar-refractivity contribution in [3.05, 3.63) is 54.6 Å². The standard InChI is InChI=1S/C21H17F3N8/c22-15-7-16(23)21(30-19(15)24)31-6-3-12(9-31)17(1-4-25)32-10-13(8-29-32)18-14-2-5-26-20(14)28-11-27-18/h2,5,7-8,10-12,17H,1,3,6,9H2,(H,26,27,28)/t12-,17-/m0/s1. The van der Waals surface area contributed by atoms with Gasteiger partial charge in [-0.15, -0.1) is 0 Å². The van der Waals surface area contributed by atoms with Gasteiger partial charge in [0.15, 0.2) is 17.5 Å². The molecule has 1 aliphatic heterocycles. The molecule has 5 rings (SSSR count). The third-order valence-corrected chi connectivity index (χ3v) is 5.81. The van der Waals surface area contributed by atoms with Crippen molar-refractivity contribution in [3.8, 4) is 17.3 Å². The van der Waals surface area contributed by atoms with E-state index in [1.807, 2.05) is 12.3 Å². The maximum absolute atomic E-state index is 14.2. The summed E-state index contributed by atoms with van der Waals surface area (Å²) in [5.74, 6) is -3.86. The number of nitrogens with one attached hydrogen (secondary N) is 1. The zero-order valence-electron chi connectivity index (χ0n) is 16.7. The number of anilines is 1. The second-order valence-electron chi connectivity index (χ2n) is 7.66. The number of nitrogens with zero attached hydrogens (tertiary/aromatic N) is 7. The minimum atomic E-state index is -1.34. The van der Waals surface area contributed by atoms with E-state index in [1.54, 1.807) is 22.0 Å². The Hall–Kier alpha value is -3.94. The summed E-state index contributed by atoms with van der Waals surface area (Å²) < 4.78 is 42.7.